The van der Waals surface area contributed by atoms with Crippen molar-refractivity contribution in [3.8, 4) is 11.5 Å². The predicted molar refractivity (Wildman–Crippen MR) is 107 cm³/mol. The molecule has 6 nitrogen and oxygen atoms in total. The van der Waals surface area contributed by atoms with Crippen molar-refractivity contribution < 1.29 is 9.23 Å². The molecule has 0 spiro atoms. The summed E-state index contributed by atoms with van der Waals surface area (Å²) in [5.74, 6) is 0.596. The quantitative estimate of drug-likeness (QED) is 0.522. The first-order chi connectivity index (χ1) is 14.2. The minimum atomic E-state index is -0.287. The molecule has 0 saturated heterocycles. The van der Waals surface area contributed by atoms with Gasteiger partial charge in [0.15, 0.2) is 6.10 Å². The van der Waals surface area contributed by atoms with Crippen LogP contribution >= 0.6 is 0 Å². The molecular weight excluding hydrogens is 369 g/mol. The number of rotatable bonds is 4. The summed E-state index contributed by atoms with van der Waals surface area (Å²) in [7, 11) is 0. The number of imidazole rings is 1. The first-order valence-electron chi connectivity index (χ1n) is 9.32. The fraction of sp³-hybridized carbons (Fsp3) is 0.136. The van der Waals surface area contributed by atoms with Crippen molar-refractivity contribution in [1.82, 2.24) is 19.3 Å². The van der Waals surface area contributed by atoms with Crippen LogP contribution in [0.5, 0.6) is 0 Å². The maximum atomic E-state index is 13.3. The van der Waals surface area contributed by atoms with E-state index in [1.54, 1.807) is 24.7 Å². The van der Waals surface area contributed by atoms with E-state index in [-0.39, 0.29) is 11.9 Å². The van der Waals surface area contributed by atoms with Gasteiger partial charge in [0.25, 0.3) is 0 Å². The van der Waals surface area contributed by atoms with Gasteiger partial charge in [0.1, 0.15) is 18.0 Å². The summed E-state index contributed by atoms with van der Waals surface area (Å²) in [6, 6.07) is 16.2. The average Bonchev–Trinajstić information content (AvgIpc) is 3.48. The second-order valence-electron chi connectivity index (χ2n) is 6.88. The molecule has 0 aliphatic carbocycles. The van der Waals surface area contributed by atoms with E-state index in [0.29, 0.717) is 6.42 Å². The molecule has 3 heterocycles. The van der Waals surface area contributed by atoms with E-state index >= 15 is 0 Å². The van der Waals surface area contributed by atoms with Crippen molar-refractivity contribution in [1.29, 1.82) is 0 Å². The van der Waals surface area contributed by atoms with Crippen LogP contribution in [0.25, 0.3) is 11.5 Å². The van der Waals surface area contributed by atoms with Gasteiger partial charge in [-0.05, 0) is 36.8 Å². The fourth-order valence-corrected chi connectivity index (χ4v) is 3.63. The highest BCUT2D eigenvalue weighted by Gasteiger charge is 2.31. The molecule has 7 heteroatoms. The van der Waals surface area contributed by atoms with Crippen molar-refractivity contribution >= 4 is 5.71 Å². The van der Waals surface area contributed by atoms with Crippen LogP contribution < -0.4 is 0 Å². The normalized spacial score (nSPS) is 15.9. The minimum Gasteiger partial charge on any atom is -0.387 e. The summed E-state index contributed by atoms with van der Waals surface area (Å²) in [4.78, 5) is 10.0. The Kier molecular flexibility index (Phi) is 4.20. The molecule has 0 N–H and O–H groups in total. The monoisotopic (exact) mass is 387 g/mol. The largest absolute Gasteiger partial charge is 0.387 e. The van der Waals surface area contributed by atoms with Crippen LogP contribution in [0.2, 0.25) is 0 Å². The van der Waals surface area contributed by atoms with Gasteiger partial charge in [-0.1, -0.05) is 35.5 Å². The van der Waals surface area contributed by atoms with Crippen LogP contribution in [-0.2, 0) is 4.84 Å². The minimum absolute atomic E-state index is 0.271. The number of halogens is 1. The molecule has 5 rings (SSSR count). The third-order valence-corrected chi connectivity index (χ3v) is 5.00. The van der Waals surface area contributed by atoms with Crippen molar-refractivity contribution in [2.24, 2.45) is 5.16 Å². The number of hydrogen-bond donors (Lipinski definition) is 0. The Morgan fingerprint density at radius 3 is 2.59 bits per heavy atom. The van der Waals surface area contributed by atoms with Gasteiger partial charge in [0.05, 0.1) is 22.7 Å². The molecule has 0 radical (unpaired) electrons. The van der Waals surface area contributed by atoms with Crippen molar-refractivity contribution in [3.63, 3.8) is 0 Å². The molecule has 0 fully saturated rings. The molecule has 4 aromatic rings. The van der Waals surface area contributed by atoms with Crippen LogP contribution in [0.15, 0.2) is 78.5 Å². The van der Waals surface area contributed by atoms with E-state index in [1.165, 1.54) is 12.1 Å². The summed E-state index contributed by atoms with van der Waals surface area (Å²) >= 11 is 0. The number of para-hydroxylation sites is 1. The molecule has 29 heavy (non-hydrogen) atoms. The summed E-state index contributed by atoms with van der Waals surface area (Å²) in [5, 5.41) is 9.05. The summed E-state index contributed by atoms with van der Waals surface area (Å²) < 4.78 is 17.1. The van der Waals surface area contributed by atoms with Crippen LogP contribution in [0.4, 0.5) is 4.39 Å². The molecule has 2 aromatic carbocycles. The smallest absolute Gasteiger partial charge is 0.163 e. The van der Waals surface area contributed by atoms with Crippen molar-refractivity contribution in [3.05, 3.63) is 96.0 Å². The van der Waals surface area contributed by atoms with Gasteiger partial charge in [-0.15, -0.1) is 0 Å². The Labute approximate surface area is 166 Å². The molecular formula is C22H18FN5O. The summed E-state index contributed by atoms with van der Waals surface area (Å²) in [6.07, 6.45) is 5.66. The van der Waals surface area contributed by atoms with E-state index in [0.717, 1.165) is 34.0 Å². The lowest BCUT2D eigenvalue weighted by molar-refractivity contribution is 0.0852. The summed E-state index contributed by atoms with van der Waals surface area (Å²) in [6.45, 7) is 1.97. The maximum absolute atomic E-state index is 13.3. The third-order valence-electron chi connectivity index (χ3n) is 5.00. The number of aryl methyl sites for hydroxylation is 1. The molecule has 2 aromatic heterocycles. The van der Waals surface area contributed by atoms with Gasteiger partial charge in [0, 0.05) is 18.8 Å². The first kappa shape index (κ1) is 17.4. The Balaban J connectivity index is 1.56. The molecule has 144 valence electrons. The van der Waals surface area contributed by atoms with Crippen molar-refractivity contribution in [2.75, 3.05) is 0 Å². The first-order valence-corrected chi connectivity index (χ1v) is 9.32. The standard InChI is InChI=1S/C22H18FN5O/c1-15-21(20-13-19(26-29-20)16-7-9-17(23)10-8-16)22(27-12-11-24-14-27)28(25-15)18-5-3-2-4-6-18/h2-12,14,20H,13H2,1H3. The van der Waals surface area contributed by atoms with Gasteiger partial charge >= 0.3 is 0 Å². The van der Waals surface area contributed by atoms with Crippen LogP contribution in [0.1, 0.15) is 29.3 Å². The number of aromatic nitrogens is 4. The topological polar surface area (TPSA) is 57.2 Å². The lowest BCUT2D eigenvalue weighted by atomic mass is 10.00. The Bertz CT molecular complexity index is 1160. The van der Waals surface area contributed by atoms with Crippen LogP contribution in [-0.4, -0.2) is 25.0 Å². The lowest BCUT2D eigenvalue weighted by Crippen LogP contribution is -2.09. The SMILES string of the molecule is Cc1nn(-c2ccccc2)c(-n2ccnc2)c1C1CC(c2ccc(F)cc2)=NO1. The van der Waals surface area contributed by atoms with Gasteiger partial charge < -0.3 is 4.84 Å². The zero-order valence-corrected chi connectivity index (χ0v) is 15.7. The highest BCUT2D eigenvalue weighted by atomic mass is 19.1. The Hall–Kier alpha value is -3.74. The van der Waals surface area contributed by atoms with E-state index in [4.69, 9.17) is 9.94 Å². The third kappa shape index (κ3) is 3.10. The van der Waals surface area contributed by atoms with E-state index in [9.17, 15) is 4.39 Å². The Morgan fingerprint density at radius 2 is 1.86 bits per heavy atom. The Morgan fingerprint density at radius 1 is 1.07 bits per heavy atom. The molecule has 1 aliphatic rings. The molecule has 1 atom stereocenters. The molecule has 1 aliphatic heterocycles. The second-order valence-corrected chi connectivity index (χ2v) is 6.88. The molecule has 0 saturated carbocycles. The maximum Gasteiger partial charge on any atom is 0.163 e. The van der Waals surface area contributed by atoms with E-state index in [2.05, 4.69) is 10.1 Å². The highest BCUT2D eigenvalue weighted by Crippen LogP contribution is 2.36. The highest BCUT2D eigenvalue weighted by molar-refractivity contribution is 6.01. The fourth-order valence-electron chi connectivity index (χ4n) is 3.63. The van der Waals surface area contributed by atoms with Gasteiger partial charge in [-0.25, -0.2) is 14.1 Å². The van der Waals surface area contributed by atoms with Gasteiger partial charge in [-0.3, -0.25) is 4.57 Å². The van der Waals surface area contributed by atoms with Crippen LogP contribution in [0.3, 0.4) is 0 Å². The second kappa shape index (κ2) is 7.01. The number of nitrogens with zero attached hydrogens (tertiary/aromatic N) is 5. The number of hydrogen-bond acceptors (Lipinski definition) is 4. The van der Waals surface area contributed by atoms with E-state index in [1.807, 2.05) is 52.7 Å². The number of benzene rings is 2. The average molecular weight is 387 g/mol. The number of oxime groups is 1. The predicted octanol–water partition coefficient (Wildman–Crippen LogP) is 4.37. The van der Waals surface area contributed by atoms with Crippen LogP contribution in [0, 0.1) is 12.7 Å². The molecule has 1 unspecified atom stereocenters. The summed E-state index contributed by atoms with van der Waals surface area (Å²) in [5.41, 5.74) is 4.40. The molecule has 0 bridgehead atoms. The molecule has 0 amide bonds. The van der Waals surface area contributed by atoms with Crippen molar-refractivity contribution in [2.45, 2.75) is 19.4 Å². The van der Waals surface area contributed by atoms with Gasteiger partial charge in [-0.2, -0.15) is 5.10 Å². The lowest BCUT2D eigenvalue weighted by Gasteiger charge is -2.13. The van der Waals surface area contributed by atoms with E-state index < -0.39 is 0 Å². The zero-order chi connectivity index (χ0) is 19.8. The zero-order valence-electron chi connectivity index (χ0n) is 15.7. The van der Waals surface area contributed by atoms with Gasteiger partial charge in [0.2, 0.25) is 0 Å².